The molecule has 1 aliphatic heterocycles. The van der Waals surface area contributed by atoms with Crippen molar-refractivity contribution in [2.24, 2.45) is 5.92 Å². The summed E-state index contributed by atoms with van der Waals surface area (Å²) in [7, 11) is -3.53. The summed E-state index contributed by atoms with van der Waals surface area (Å²) in [4.78, 5) is 15.8. The third-order valence-corrected chi connectivity index (χ3v) is 9.98. The highest BCUT2D eigenvalue weighted by molar-refractivity contribution is 8.01. The molecule has 0 aliphatic carbocycles. The smallest absolute Gasteiger partial charge is 0.314 e. The van der Waals surface area contributed by atoms with Crippen molar-refractivity contribution in [3.05, 3.63) is 35.9 Å². The lowest BCUT2D eigenvalue weighted by Gasteiger charge is -2.39. The van der Waals surface area contributed by atoms with E-state index >= 15 is 0 Å². The van der Waals surface area contributed by atoms with Crippen LogP contribution in [0.5, 0.6) is 0 Å². The van der Waals surface area contributed by atoms with Crippen molar-refractivity contribution in [3.8, 4) is 0 Å². The van der Waals surface area contributed by atoms with Gasteiger partial charge >= 0.3 is 7.60 Å². The number of nitrogens with zero attached hydrogens (tertiary/aromatic N) is 1. The highest BCUT2D eigenvalue weighted by Crippen LogP contribution is 2.65. The first-order valence-electron chi connectivity index (χ1n) is 10.6. The van der Waals surface area contributed by atoms with Crippen molar-refractivity contribution in [1.29, 1.82) is 0 Å². The standard InChI is InChI=1S/C22H36NO4PS/c1-8-18(17-14-12-11-13-15-17)19(24)23-20(16(4)5)29-22(6,7)21(23)28(25,26-9-2)27-10-3/h11-16,18,20-21H,8-10H2,1-7H3. The van der Waals surface area contributed by atoms with Crippen molar-refractivity contribution in [1.82, 2.24) is 4.90 Å². The molecule has 0 spiro atoms. The Morgan fingerprint density at radius 3 is 2.14 bits per heavy atom. The summed E-state index contributed by atoms with van der Waals surface area (Å²) < 4.78 is 24.9. The second-order valence-electron chi connectivity index (χ2n) is 8.22. The van der Waals surface area contributed by atoms with Gasteiger partial charge < -0.3 is 13.9 Å². The van der Waals surface area contributed by atoms with Gasteiger partial charge in [-0.3, -0.25) is 9.36 Å². The molecule has 1 aromatic rings. The molecular weight excluding hydrogens is 405 g/mol. The molecule has 3 unspecified atom stereocenters. The lowest BCUT2D eigenvalue weighted by molar-refractivity contribution is -0.135. The van der Waals surface area contributed by atoms with E-state index in [2.05, 4.69) is 13.8 Å². The molecule has 1 saturated heterocycles. The predicted molar refractivity (Wildman–Crippen MR) is 121 cm³/mol. The van der Waals surface area contributed by atoms with Gasteiger partial charge in [0.05, 0.1) is 24.5 Å². The minimum atomic E-state index is -3.53. The van der Waals surface area contributed by atoms with Crippen molar-refractivity contribution in [2.75, 3.05) is 13.2 Å². The van der Waals surface area contributed by atoms with Gasteiger partial charge in [-0.25, -0.2) is 0 Å². The Morgan fingerprint density at radius 1 is 1.14 bits per heavy atom. The Labute approximate surface area is 180 Å². The van der Waals surface area contributed by atoms with Crippen LogP contribution < -0.4 is 0 Å². The van der Waals surface area contributed by atoms with Gasteiger partial charge in [-0.15, -0.1) is 11.8 Å². The zero-order valence-corrected chi connectivity index (χ0v) is 20.5. The Balaban J connectivity index is 2.57. The van der Waals surface area contributed by atoms with E-state index in [0.29, 0.717) is 6.42 Å². The second kappa shape index (κ2) is 10.00. The molecule has 1 heterocycles. The summed E-state index contributed by atoms with van der Waals surface area (Å²) in [6.07, 6.45) is 0.676. The number of carbonyl (C=O) groups excluding carboxylic acids is 1. The number of hydrogen-bond donors (Lipinski definition) is 0. The number of rotatable bonds is 9. The van der Waals surface area contributed by atoms with Crippen molar-refractivity contribution in [2.45, 2.75) is 76.7 Å². The van der Waals surface area contributed by atoms with E-state index in [1.165, 1.54) is 0 Å². The number of hydrogen-bond acceptors (Lipinski definition) is 5. The van der Waals surface area contributed by atoms with Crippen LogP contribution in [-0.4, -0.2) is 39.9 Å². The van der Waals surface area contributed by atoms with E-state index in [0.717, 1.165) is 5.56 Å². The fourth-order valence-electron chi connectivity index (χ4n) is 4.10. The molecule has 29 heavy (non-hydrogen) atoms. The van der Waals surface area contributed by atoms with Crippen LogP contribution in [0.1, 0.15) is 66.4 Å². The molecule has 0 radical (unpaired) electrons. The van der Waals surface area contributed by atoms with Crippen LogP contribution in [0.2, 0.25) is 0 Å². The molecule has 1 aliphatic rings. The van der Waals surface area contributed by atoms with E-state index in [9.17, 15) is 9.36 Å². The number of thioether (sulfide) groups is 1. The molecular formula is C22H36NO4PS. The minimum absolute atomic E-state index is 0.0000983. The van der Waals surface area contributed by atoms with Crippen LogP contribution in [0, 0.1) is 5.92 Å². The maximum atomic E-state index is 13.9. The second-order valence-corrected chi connectivity index (χ2v) is 12.1. The zero-order chi connectivity index (χ0) is 21.8. The van der Waals surface area contributed by atoms with Crippen LogP contribution >= 0.6 is 19.4 Å². The lowest BCUT2D eigenvalue weighted by atomic mass is 9.94. The van der Waals surface area contributed by atoms with Gasteiger partial charge in [0.2, 0.25) is 5.91 Å². The van der Waals surface area contributed by atoms with Crippen molar-refractivity contribution in [3.63, 3.8) is 0 Å². The molecule has 0 aromatic heterocycles. The SMILES string of the molecule is CCOP(=O)(OCC)C1N(C(=O)C(CC)c2ccccc2)C(C(C)C)SC1(C)C. The summed E-state index contributed by atoms with van der Waals surface area (Å²) >= 11 is 1.70. The maximum Gasteiger partial charge on any atom is 0.354 e. The highest BCUT2D eigenvalue weighted by atomic mass is 32.2. The van der Waals surface area contributed by atoms with Gasteiger partial charge in [0.1, 0.15) is 5.78 Å². The highest BCUT2D eigenvalue weighted by Gasteiger charge is 2.60. The average molecular weight is 442 g/mol. The van der Waals surface area contributed by atoms with E-state index in [4.69, 9.17) is 9.05 Å². The fourth-order valence-corrected chi connectivity index (χ4v) is 8.63. The first-order valence-corrected chi connectivity index (χ1v) is 13.1. The third kappa shape index (κ3) is 5.10. The molecule has 5 nitrogen and oxygen atoms in total. The molecule has 7 heteroatoms. The predicted octanol–water partition coefficient (Wildman–Crippen LogP) is 6.11. The van der Waals surface area contributed by atoms with Crippen LogP contribution in [0.3, 0.4) is 0 Å². The van der Waals surface area contributed by atoms with E-state index in [1.54, 1.807) is 11.8 Å². The lowest BCUT2D eigenvalue weighted by Crippen LogP contribution is -2.49. The van der Waals surface area contributed by atoms with Gasteiger partial charge in [0.15, 0.2) is 0 Å². The molecule has 1 fully saturated rings. The van der Waals surface area contributed by atoms with Crippen LogP contribution in [0.25, 0.3) is 0 Å². The van der Waals surface area contributed by atoms with Crippen molar-refractivity contribution >= 4 is 25.3 Å². The summed E-state index contributed by atoms with van der Waals surface area (Å²) in [5.74, 6) is -0.706. The summed E-state index contributed by atoms with van der Waals surface area (Å²) in [5.41, 5.74) is 0.985. The fraction of sp³-hybridized carbons (Fsp3) is 0.682. The monoisotopic (exact) mass is 441 g/mol. The quantitative estimate of drug-likeness (QED) is 0.433. The largest absolute Gasteiger partial charge is 0.354 e. The average Bonchev–Trinajstić information content (AvgIpc) is 2.96. The van der Waals surface area contributed by atoms with Crippen molar-refractivity contribution < 1.29 is 18.4 Å². The minimum Gasteiger partial charge on any atom is -0.314 e. The molecule has 1 amide bonds. The first kappa shape index (κ1) is 24.5. The molecule has 0 bridgehead atoms. The Hall–Kier alpha value is -0.810. The van der Waals surface area contributed by atoms with E-state index in [-0.39, 0.29) is 36.3 Å². The first-order chi connectivity index (χ1) is 13.6. The number of benzene rings is 1. The molecule has 1 aromatic carbocycles. The number of amides is 1. The third-order valence-electron chi connectivity index (χ3n) is 5.23. The Bertz CT molecular complexity index is 715. The molecule has 0 N–H and O–H groups in total. The van der Waals surface area contributed by atoms with E-state index < -0.39 is 18.1 Å². The maximum absolute atomic E-state index is 13.9. The Morgan fingerprint density at radius 2 is 1.69 bits per heavy atom. The topological polar surface area (TPSA) is 55.8 Å². The summed E-state index contributed by atoms with van der Waals surface area (Å²) in [6, 6.07) is 9.84. The molecule has 0 saturated carbocycles. The Kier molecular flexibility index (Phi) is 8.43. The van der Waals surface area contributed by atoms with Crippen LogP contribution in [-0.2, 0) is 18.4 Å². The van der Waals surface area contributed by atoms with Crippen LogP contribution in [0.4, 0.5) is 0 Å². The van der Waals surface area contributed by atoms with Crippen LogP contribution in [0.15, 0.2) is 30.3 Å². The van der Waals surface area contributed by atoms with Gasteiger partial charge in [-0.05, 0) is 45.6 Å². The van der Waals surface area contributed by atoms with Gasteiger partial charge in [-0.2, -0.15) is 0 Å². The van der Waals surface area contributed by atoms with E-state index in [1.807, 2.05) is 69.9 Å². The normalized spacial score (nSPS) is 22.8. The summed E-state index contributed by atoms with van der Waals surface area (Å²) in [5, 5.41) is -0.0884. The van der Waals surface area contributed by atoms with Gasteiger partial charge in [-0.1, -0.05) is 51.1 Å². The molecule has 2 rings (SSSR count). The summed E-state index contributed by atoms with van der Waals surface area (Å²) in [6.45, 7) is 14.5. The molecule has 3 atom stereocenters. The number of carbonyl (C=O) groups is 1. The van der Waals surface area contributed by atoms with Gasteiger partial charge in [0, 0.05) is 4.75 Å². The van der Waals surface area contributed by atoms with Gasteiger partial charge in [0.25, 0.3) is 0 Å². The zero-order valence-electron chi connectivity index (χ0n) is 18.8. The molecule has 164 valence electrons.